The molecular formula is C28H24N2O3. The van der Waals surface area contributed by atoms with Crippen molar-refractivity contribution in [2.45, 2.75) is 19.6 Å². The van der Waals surface area contributed by atoms with Gasteiger partial charge in [-0.15, -0.1) is 0 Å². The minimum absolute atomic E-state index is 0.0378. The summed E-state index contributed by atoms with van der Waals surface area (Å²) >= 11 is 0. The molecule has 5 nitrogen and oxygen atoms in total. The van der Waals surface area contributed by atoms with E-state index >= 15 is 0 Å². The standard InChI is InChI=1S/C28H24N2O3/c1-19-10-12-21(13-11-19)27-25-8-4-5-9-26(25)28(32)30(29-27)17-23(31)18-33-24-15-14-20-6-2-3-7-22(20)16-24/h2-16,23,31H,17-18H2,1H3/t23-/m1/s1. The zero-order valence-corrected chi connectivity index (χ0v) is 18.3. The number of aryl methyl sites for hydroxylation is 1. The monoisotopic (exact) mass is 436 g/mol. The van der Waals surface area contributed by atoms with Crippen LogP contribution in [0.15, 0.2) is 95.8 Å². The number of benzene rings is 4. The molecule has 33 heavy (non-hydrogen) atoms. The van der Waals surface area contributed by atoms with Gasteiger partial charge in [-0.3, -0.25) is 4.79 Å². The van der Waals surface area contributed by atoms with Gasteiger partial charge in [-0.2, -0.15) is 5.10 Å². The molecular weight excluding hydrogens is 412 g/mol. The van der Waals surface area contributed by atoms with Gasteiger partial charge in [0.1, 0.15) is 18.5 Å². The van der Waals surface area contributed by atoms with Crippen molar-refractivity contribution in [2.24, 2.45) is 0 Å². The number of hydrogen-bond donors (Lipinski definition) is 1. The number of hydrogen-bond acceptors (Lipinski definition) is 4. The van der Waals surface area contributed by atoms with Gasteiger partial charge in [0, 0.05) is 10.9 Å². The number of aliphatic hydroxyl groups excluding tert-OH is 1. The van der Waals surface area contributed by atoms with Crippen LogP contribution in [-0.2, 0) is 6.54 Å². The van der Waals surface area contributed by atoms with Gasteiger partial charge in [-0.25, -0.2) is 4.68 Å². The van der Waals surface area contributed by atoms with Crippen LogP contribution in [-0.4, -0.2) is 27.6 Å². The van der Waals surface area contributed by atoms with Gasteiger partial charge in [0.25, 0.3) is 5.56 Å². The van der Waals surface area contributed by atoms with E-state index in [-0.39, 0.29) is 18.7 Å². The fourth-order valence-electron chi connectivity index (χ4n) is 3.99. The topological polar surface area (TPSA) is 64.3 Å². The molecule has 0 amide bonds. The lowest BCUT2D eigenvalue weighted by molar-refractivity contribution is 0.0883. The highest BCUT2D eigenvalue weighted by atomic mass is 16.5. The first-order valence-electron chi connectivity index (χ1n) is 10.9. The maximum atomic E-state index is 13.1. The molecule has 0 aliphatic rings. The fourth-order valence-corrected chi connectivity index (χ4v) is 3.99. The number of nitrogens with zero attached hydrogens (tertiary/aromatic N) is 2. The largest absolute Gasteiger partial charge is 0.491 e. The molecule has 1 aromatic heterocycles. The average molecular weight is 437 g/mol. The van der Waals surface area contributed by atoms with E-state index in [2.05, 4.69) is 5.10 Å². The average Bonchev–Trinajstić information content (AvgIpc) is 2.85. The van der Waals surface area contributed by atoms with Crippen molar-refractivity contribution in [1.82, 2.24) is 9.78 Å². The molecule has 0 radical (unpaired) electrons. The molecule has 0 aliphatic carbocycles. The molecule has 0 bridgehead atoms. The van der Waals surface area contributed by atoms with E-state index in [0.717, 1.165) is 27.3 Å². The Morgan fingerprint density at radius 1 is 0.879 bits per heavy atom. The van der Waals surface area contributed by atoms with E-state index in [1.807, 2.05) is 91.9 Å². The number of aromatic nitrogens is 2. The Balaban J connectivity index is 1.41. The van der Waals surface area contributed by atoms with Crippen LogP contribution in [0.2, 0.25) is 0 Å². The minimum atomic E-state index is -0.895. The summed E-state index contributed by atoms with van der Waals surface area (Å²) < 4.78 is 7.15. The molecule has 0 fully saturated rings. The Hall–Kier alpha value is -3.96. The number of fused-ring (bicyclic) bond motifs is 2. The zero-order chi connectivity index (χ0) is 22.8. The maximum absolute atomic E-state index is 13.1. The van der Waals surface area contributed by atoms with Crippen LogP contribution in [0, 0.1) is 6.92 Å². The molecule has 0 unspecified atom stereocenters. The van der Waals surface area contributed by atoms with E-state index in [9.17, 15) is 9.90 Å². The molecule has 164 valence electrons. The van der Waals surface area contributed by atoms with Gasteiger partial charge in [0.2, 0.25) is 0 Å². The first kappa shape index (κ1) is 20.9. The van der Waals surface area contributed by atoms with Crippen molar-refractivity contribution in [1.29, 1.82) is 0 Å². The first-order valence-corrected chi connectivity index (χ1v) is 10.9. The molecule has 1 N–H and O–H groups in total. The van der Waals surface area contributed by atoms with Crippen LogP contribution < -0.4 is 10.3 Å². The van der Waals surface area contributed by atoms with Gasteiger partial charge in [-0.05, 0) is 35.9 Å². The van der Waals surface area contributed by atoms with Crippen LogP contribution in [0.25, 0.3) is 32.8 Å². The Morgan fingerprint density at radius 3 is 2.36 bits per heavy atom. The van der Waals surface area contributed by atoms with Crippen LogP contribution in [0.1, 0.15) is 5.56 Å². The second-order valence-electron chi connectivity index (χ2n) is 8.22. The summed E-state index contributed by atoms with van der Waals surface area (Å²) in [6, 6.07) is 29.3. The Morgan fingerprint density at radius 2 is 1.58 bits per heavy atom. The van der Waals surface area contributed by atoms with E-state index in [0.29, 0.717) is 16.8 Å². The van der Waals surface area contributed by atoms with Crippen molar-refractivity contribution in [2.75, 3.05) is 6.61 Å². The molecule has 5 heteroatoms. The van der Waals surface area contributed by atoms with E-state index in [1.54, 1.807) is 6.07 Å². The lowest BCUT2D eigenvalue weighted by Gasteiger charge is -2.16. The summed E-state index contributed by atoms with van der Waals surface area (Å²) in [6.45, 7) is 2.12. The molecule has 0 saturated heterocycles. The number of ether oxygens (including phenoxy) is 1. The van der Waals surface area contributed by atoms with Gasteiger partial charge >= 0.3 is 0 Å². The molecule has 5 aromatic rings. The smallest absolute Gasteiger partial charge is 0.274 e. The predicted octanol–water partition coefficient (Wildman–Crippen LogP) is 4.97. The normalized spacial score (nSPS) is 12.2. The molecule has 0 aliphatic heterocycles. The SMILES string of the molecule is Cc1ccc(-c2nn(C[C@@H](O)COc3ccc4ccccc4c3)c(=O)c3ccccc23)cc1. The van der Waals surface area contributed by atoms with Gasteiger partial charge in [0.05, 0.1) is 17.6 Å². The first-order chi connectivity index (χ1) is 16.1. The van der Waals surface area contributed by atoms with Gasteiger partial charge in [0.15, 0.2) is 0 Å². The summed E-state index contributed by atoms with van der Waals surface area (Å²) in [5.41, 5.74) is 2.56. The maximum Gasteiger partial charge on any atom is 0.274 e. The third-order valence-electron chi connectivity index (χ3n) is 5.74. The molecule has 4 aromatic carbocycles. The summed E-state index contributed by atoms with van der Waals surface area (Å²) in [4.78, 5) is 13.1. The van der Waals surface area contributed by atoms with Crippen molar-refractivity contribution in [3.8, 4) is 17.0 Å². The second kappa shape index (κ2) is 8.88. The van der Waals surface area contributed by atoms with Crippen molar-refractivity contribution in [3.05, 3.63) is 107 Å². The number of aliphatic hydroxyl groups is 1. The molecule has 0 spiro atoms. The fraction of sp³-hybridized carbons (Fsp3) is 0.143. The Labute approximate surface area is 191 Å². The van der Waals surface area contributed by atoms with Crippen molar-refractivity contribution in [3.63, 3.8) is 0 Å². The van der Waals surface area contributed by atoms with Crippen LogP contribution in [0.5, 0.6) is 5.75 Å². The molecule has 1 atom stereocenters. The Bertz CT molecular complexity index is 1490. The highest BCUT2D eigenvalue weighted by molar-refractivity contribution is 5.93. The van der Waals surface area contributed by atoms with Crippen LogP contribution >= 0.6 is 0 Å². The summed E-state index contributed by atoms with van der Waals surface area (Å²) in [6.07, 6.45) is -0.895. The Kier molecular flexibility index (Phi) is 5.63. The number of rotatable bonds is 6. The van der Waals surface area contributed by atoms with E-state index < -0.39 is 6.10 Å². The van der Waals surface area contributed by atoms with Crippen molar-refractivity contribution < 1.29 is 9.84 Å². The summed E-state index contributed by atoms with van der Waals surface area (Å²) in [5.74, 6) is 0.673. The lowest BCUT2D eigenvalue weighted by Crippen LogP contribution is -2.32. The highest BCUT2D eigenvalue weighted by Gasteiger charge is 2.15. The predicted molar refractivity (Wildman–Crippen MR) is 132 cm³/mol. The van der Waals surface area contributed by atoms with Crippen LogP contribution in [0.4, 0.5) is 0 Å². The highest BCUT2D eigenvalue weighted by Crippen LogP contribution is 2.25. The minimum Gasteiger partial charge on any atom is -0.491 e. The van der Waals surface area contributed by atoms with Crippen LogP contribution in [0.3, 0.4) is 0 Å². The summed E-state index contributed by atoms with van der Waals surface area (Å²) in [5, 5.41) is 18.8. The quantitative estimate of drug-likeness (QED) is 0.408. The van der Waals surface area contributed by atoms with Crippen molar-refractivity contribution >= 4 is 21.5 Å². The summed E-state index contributed by atoms with van der Waals surface area (Å²) in [7, 11) is 0. The van der Waals surface area contributed by atoms with E-state index in [1.165, 1.54) is 4.68 Å². The molecule has 1 heterocycles. The molecule has 0 saturated carbocycles. The third kappa shape index (κ3) is 4.36. The van der Waals surface area contributed by atoms with Gasteiger partial charge < -0.3 is 9.84 Å². The lowest BCUT2D eigenvalue weighted by atomic mass is 10.0. The van der Waals surface area contributed by atoms with E-state index in [4.69, 9.17) is 4.74 Å². The van der Waals surface area contributed by atoms with Gasteiger partial charge in [-0.1, -0.05) is 78.4 Å². The molecule has 5 rings (SSSR count). The zero-order valence-electron chi connectivity index (χ0n) is 18.3. The third-order valence-corrected chi connectivity index (χ3v) is 5.74. The second-order valence-corrected chi connectivity index (χ2v) is 8.22.